The molecule has 0 saturated heterocycles. The van der Waals surface area contributed by atoms with Gasteiger partial charge in [0.1, 0.15) is 0 Å². The molecule has 1 saturated carbocycles. The van der Waals surface area contributed by atoms with Crippen molar-refractivity contribution in [2.24, 2.45) is 17.8 Å². The van der Waals surface area contributed by atoms with Gasteiger partial charge in [0.15, 0.2) is 0 Å². The summed E-state index contributed by atoms with van der Waals surface area (Å²) < 4.78 is 0. The first-order chi connectivity index (χ1) is 4.29. The fourth-order valence-corrected chi connectivity index (χ4v) is 1.74. The summed E-state index contributed by atoms with van der Waals surface area (Å²) in [5.41, 5.74) is 0. The highest BCUT2D eigenvalue weighted by molar-refractivity contribution is 4.87. The van der Waals surface area contributed by atoms with Gasteiger partial charge >= 0.3 is 0 Å². The maximum atomic E-state index is 2.39. The molecule has 0 heteroatoms. The summed E-state index contributed by atoms with van der Waals surface area (Å²) in [5.74, 6) is 3.19. The number of hydrogen-bond donors (Lipinski definition) is 0. The van der Waals surface area contributed by atoms with E-state index >= 15 is 0 Å². The van der Waals surface area contributed by atoms with Crippen LogP contribution in [0.4, 0.5) is 0 Å². The van der Waals surface area contributed by atoms with Gasteiger partial charge in [-0.15, -0.1) is 0 Å². The SMILES string of the molecule is CCC(C)[C@@H]1C[C@@H]1CC. The first-order valence-corrected chi connectivity index (χ1v) is 4.29. The van der Waals surface area contributed by atoms with Gasteiger partial charge in [-0.25, -0.2) is 0 Å². The van der Waals surface area contributed by atoms with Crippen LogP contribution in [0.1, 0.15) is 40.0 Å². The van der Waals surface area contributed by atoms with Crippen molar-refractivity contribution in [3.63, 3.8) is 0 Å². The largest absolute Gasteiger partial charge is 0.0651 e. The zero-order valence-corrected chi connectivity index (χ0v) is 6.85. The molecule has 0 bridgehead atoms. The molecular formula is C9H18. The highest BCUT2D eigenvalue weighted by Crippen LogP contribution is 2.47. The topological polar surface area (TPSA) is 0 Å². The van der Waals surface area contributed by atoms with E-state index in [1.807, 2.05) is 0 Å². The molecule has 0 spiro atoms. The zero-order valence-electron chi connectivity index (χ0n) is 6.85. The van der Waals surface area contributed by atoms with Gasteiger partial charge in [-0.3, -0.25) is 0 Å². The van der Waals surface area contributed by atoms with Crippen molar-refractivity contribution in [1.82, 2.24) is 0 Å². The second kappa shape index (κ2) is 2.72. The normalized spacial score (nSPS) is 36.3. The lowest BCUT2D eigenvalue weighted by Crippen LogP contribution is -1.95. The molecule has 0 heterocycles. The van der Waals surface area contributed by atoms with Crippen LogP contribution >= 0.6 is 0 Å². The van der Waals surface area contributed by atoms with E-state index in [0.717, 1.165) is 17.8 Å². The van der Waals surface area contributed by atoms with E-state index in [1.54, 1.807) is 0 Å². The van der Waals surface area contributed by atoms with Crippen LogP contribution in [0.3, 0.4) is 0 Å². The summed E-state index contributed by atoms with van der Waals surface area (Å²) in [6.07, 6.45) is 4.31. The van der Waals surface area contributed by atoms with E-state index in [-0.39, 0.29) is 0 Å². The Morgan fingerprint density at radius 3 is 2.44 bits per heavy atom. The number of rotatable bonds is 3. The number of hydrogen-bond acceptors (Lipinski definition) is 0. The molecule has 9 heavy (non-hydrogen) atoms. The third kappa shape index (κ3) is 1.47. The van der Waals surface area contributed by atoms with Crippen LogP contribution < -0.4 is 0 Å². The van der Waals surface area contributed by atoms with Gasteiger partial charge < -0.3 is 0 Å². The van der Waals surface area contributed by atoms with Gasteiger partial charge in [-0.05, 0) is 24.2 Å². The van der Waals surface area contributed by atoms with Crippen molar-refractivity contribution < 1.29 is 0 Å². The predicted molar refractivity (Wildman–Crippen MR) is 41.3 cm³/mol. The Kier molecular flexibility index (Phi) is 2.15. The molecule has 0 aromatic rings. The molecule has 1 aliphatic rings. The first kappa shape index (κ1) is 7.11. The molecule has 54 valence electrons. The molecule has 3 atom stereocenters. The smallest absolute Gasteiger partial charge is 0.0357 e. The van der Waals surface area contributed by atoms with Gasteiger partial charge in [0.25, 0.3) is 0 Å². The van der Waals surface area contributed by atoms with Crippen molar-refractivity contribution in [2.45, 2.75) is 40.0 Å². The molecule has 0 aliphatic heterocycles. The Morgan fingerprint density at radius 1 is 1.44 bits per heavy atom. The van der Waals surface area contributed by atoms with E-state index in [4.69, 9.17) is 0 Å². The van der Waals surface area contributed by atoms with Gasteiger partial charge in [0.05, 0.1) is 0 Å². The summed E-state index contributed by atoms with van der Waals surface area (Å²) in [6, 6.07) is 0. The molecule has 0 nitrogen and oxygen atoms in total. The van der Waals surface area contributed by atoms with Crippen molar-refractivity contribution in [1.29, 1.82) is 0 Å². The van der Waals surface area contributed by atoms with Crippen LogP contribution in [0.25, 0.3) is 0 Å². The second-order valence-corrected chi connectivity index (χ2v) is 3.45. The molecular weight excluding hydrogens is 108 g/mol. The van der Waals surface area contributed by atoms with Crippen LogP contribution in [0, 0.1) is 17.8 Å². The minimum absolute atomic E-state index is 0.995. The fraction of sp³-hybridized carbons (Fsp3) is 1.00. The van der Waals surface area contributed by atoms with Crippen molar-refractivity contribution in [2.75, 3.05) is 0 Å². The van der Waals surface area contributed by atoms with E-state index in [1.165, 1.54) is 19.3 Å². The molecule has 0 aromatic carbocycles. The highest BCUT2D eigenvalue weighted by Gasteiger charge is 2.38. The van der Waals surface area contributed by atoms with Crippen molar-refractivity contribution in [3.05, 3.63) is 0 Å². The highest BCUT2D eigenvalue weighted by atomic mass is 14.4. The van der Waals surface area contributed by atoms with Crippen LogP contribution in [-0.2, 0) is 0 Å². The Bertz CT molecular complexity index is 86.0. The standard InChI is InChI=1S/C9H18/c1-4-7(3)9-6-8(9)5-2/h7-9H,4-6H2,1-3H3/t7?,8-,9-/m0/s1. The lowest BCUT2D eigenvalue weighted by molar-refractivity contribution is 0.457. The molecule has 0 amide bonds. The van der Waals surface area contributed by atoms with Gasteiger partial charge in [-0.2, -0.15) is 0 Å². The molecule has 0 N–H and O–H groups in total. The van der Waals surface area contributed by atoms with E-state index in [2.05, 4.69) is 20.8 Å². The van der Waals surface area contributed by atoms with Gasteiger partial charge in [-0.1, -0.05) is 33.6 Å². The lowest BCUT2D eigenvalue weighted by atomic mass is 10.0. The fourth-order valence-electron chi connectivity index (χ4n) is 1.74. The maximum absolute atomic E-state index is 2.39. The average molecular weight is 126 g/mol. The van der Waals surface area contributed by atoms with E-state index in [9.17, 15) is 0 Å². The monoisotopic (exact) mass is 126 g/mol. The Hall–Kier alpha value is 0. The average Bonchev–Trinajstić information content (AvgIpc) is 2.64. The summed E-state index contributed by atoms with van der Waals surface area (Å²) in [4.78, 5) is 0. The molecule has 1 aliphatic carbocycles. The molecule has 0 aromatic heterocycles. The Balaban J connectivity index is 2.17. The van der Waals surface area contributed by atoms with E-state index in [0.29, 0.717) is 0 Å². The first-order valence-electron chi connectivity index (χ1n) is 4.29. The third-order valence-electron chi connectivity index (χ3n) is 2.88. The van der Waals surface area contributed by atoms with Crippen LogP contribution in [0.2, 0.25) is 0 Å². The van der Waals surface area contributed by atoms with Gasteiger partial charge in [0.2, 0.25) is 0 Å². The van der Waals surface area contributed by atoms with Crippen LogP contribution in [0.15, 0.2) is 0 Å². The van der Waals surface area contributed by atoms with E-state index < -0.39 is 0 Å². The summed E-state index contributed by atoms with van der Waals surface area (Å²) in [5, 5.41) is 0. The lowest BCUT2D eigenvalue weighted by Gasteiger charge is -2.04. The minimum Gasteiger partial charge on any atom is -0.0651 e. The van der Waals surface area contributed by atoms with Crippen LogP contribution in [-0.4, -0.2) is 0 Å². The van der Waals surface area contributed by atoms with Gasteiger partial charge in [0, 0.05) is 0 Å². The molecule has 1 fully saturated rings. The molecule has 1 rings (SSSR count). The van der Waals surface area contributed by atoms with Crippen molar-refractivity contribution in [3.8, 4) is 0 Å². The van der Waals surface area contributed by atoms with Crippen molar-refractivity contribution >= 4 is 0 Å². The molecule has 0 radical (unpaired) electrons. The zero-order chi connectivity index (χ0) is 6.85. The molecule has 1 unspecified atom stereocenters. The minimum atomic E-state index is 0.995. The summed E-state index contributed by atoms with van der Waals surface area (Å²) in [6.45, 7) is 7.00. The third-order valence-corrected chi connectivity index (χ3v) is 2.88. The van der Waals surface area contributed by atoms with Crippen LogP contribution in [0.5, 0.6) is 0 Å². The summed E-state index contributed by atoms with van der Waals surface area (Å²) in [7, 11) is 0. The maximum Gasteiger partial charge on any atom is -0.0357 e. The second-order valence-electron chi connectivity index (χ2n) is 3.45. The Morgan fingerprint density at radius 2 is 2.11 bits per heavy atom. The predicted octanol–water partition coefficient (Wildman–Crippen LogP) is 3.08. The Labute approximate surface area is 58.7 Å². The quantitative estimate of drug-likeness (QED) is 0.545. The summed E-state index contributed by atoms with van der Waals surface area (Å²) >= 11 is 0.